The van der Waals surface area contributed by atoms with Gasteiger partial charge in [-0.25, -0.2) is 4.98 Å². The molecule has 0 aliphatic heterocycles. The third kappa shape index (κ3) is 3.01. The second-order valence-electron chi connectivity index (χ2n) is 5.70. The van der Waals surface area contributed by atoms with Gasteiger partial charge in [-0.3, -0.25) is 0 Å². The van der Waals surface area contributed by atoms with Gasteiger partial charge in [0, 0.05) is 17.7 Å². The fourth-order valence-electron chi connectivity index (χ4n) is 2.68. The van der Waals surface area contributed by atoms with E-state index in [-0.39, 0.29) is 0 Å². The maximum atomic E-state index is 4.64. The van der Waals surface area contributed by atoms with E-state index in [1.165, 1.54) is 5.56 Å². The highest BCUT2D eigenvalue weighted by molar-refractivity contribution is 7.99. The predicted molar refractivity (Wildman–Crippen MR) is 91.7 cm³/mol. The van der Waals surface area contributed by atoms with E-state index in [2.05, 4.69) is 68.0 Å². The average molecular weight is 326 g/mol. The molecule has 2 atom stereocenters. The van der Waals surface area contributed by atoms with E-state index in [1.54, 1.807) is 11.8 Å². The van der Waals surface area contributed by atoms with Crippen LogP contribution in [0.1, 0.15) is 31.2 Å². The smallest absolute Gasteiger partial charge is 0.207 e. The zero-order valence-corrected chi connectivity index (χ0v) is 13.7. The lowest BCUT2D eigenvalue weighted by Crippen LogP contribution is -2.08. The molecule has 2 heterocycles. The summed E-state index contributed by atoms with van der Waals surface area (Å²) in [4.78, 5) is 9.08. The van der Waals surface area contributed by atoms with Gasteiger partial charge in [-0.1, -0.05) is 49.0 Å². The van der Waals surface area contributed by atoms with E-state index in [0.717, 1.165) is 29.6 Å². The molecule has 2 unspecified atom stereocenters. The Bertz CT molecular complexity index is 803. The first-order chi connectivity index (χ1) is 11.3. The maximum absolute atomic E-state index is 4.64. The molecule has 1 aromatic carbocycles. The number of benzene rings is 1. The summed E-state index contributed by atoms with van der Waals surface area (Å²) in [6, 6.07) is 11.0. The van der Waals surface area contributed by atoms with Crippen molar-refractivity contribution in [2.75, 3.05) is 11.1 Å². The van der Waals surface area contributed by atoms with Crippen molar-refractivity contribution in [1.82, 2.24) is 25.4 Å². The first-order valence-corrected chi connectivity index (χ1v) is 8.86. The van der Waals surface area contributed by atoms with Gasteiger partial charge in [0.1, 0.15) is 0 Å². The lowest BCUT2D eigenvalue weighted by molar-refractivity contribution is 0.943. The highest BCUT2D eigenvalue weighted by Crippen LogP contribution is 2.43. The summed E-state index contributed by atoms with van der Waals surface area (Å²) in [6.45, 7) is 2.15. The van der Waals surface area contributed by atoms with Crippen molar-refractivity contribution < 1.29 is 0 Å². The van der Waals surface area contributed by atoms with Gasteiger partial charge in [0.15, 0.2) is 16.5 Å². The molecule has 7 heteroatoms. The van der Waals surface area contributed by atoms with Gasteiger partial charge in [-0.2, -0.15) is 15.3 Å². The molecule has 3 aromatic rings. The Morgan fingerprint density at radius 2 is 2.09 bits per heavy atom. The minimum absolute atomic E-state index is 0.399. The molecule has 4 rings (SSSR count). The largest absolute Gasteiger partial charge is 0.365 e. The predicted octanol–water partition coefficient (Wildman–Crippen LogP) is 3.22. The summed E-state index contributed by atoms with van der Waals surface area (Å²) < 4.78 is 0. The highest BCUT2D eigenvalue weighted by atomic mass is 32.2. The normalized spacial score (nSPS) is 19.9. The molecular weight excluding hydrogens is 308 g/mol. The van der Waals surface area contributed by atoms with Gasteiger partial charge in [0.25, 0.3) is 0 Å². The Morgan fingerprint density at radius 3 is 2.91 bits per heavy atom. The molecule has 23 heavy (non-hydrogen) atoms. The van der Waals surface area contributed by atoms with Crippen molar-refractivity contribution in [3.05, 3.63) is 35.9 Å². The first-order valence-electron chi connectivity index (χ1n) is 7.88. The second kappa shape index (κ2) is 6.16. The van der Waals surface area contributed by atoms with Gasteiger partial charge < -0.3 is 5.32 Å². The fourth-order valence-corrected chi connectivity index (χ4v) is 3.38. The monoisotopic (exact) mass is 326 g/mol. The Labute approximate surface area is 138 Å². The minimum Gasteiger partial charge on any atom is -0.365 e. The molecule has 118 valence electrons. The fraction of sp³-hybridized carbons (Fsp3) is 0.375. The van der Waals surface area contributed by atoms with Crippen molar-refractivity contribution in [3.63, 3.8) is 0 Å². The number of aromatic amines is 1. The molecule has 2 N–H and O–H groups in total. The van der Waals surface area contributed by atoms with Crippen LogP contribution in [0.25, 0.3) is 11.2 Å². The maximum Gasteiger partial charge on any atom is 0.207 e. The third-order valence-corrected chi connectivity index (χ3v) is 4.99. The van der Waals surface area contributed by atoms with Crippen molar-refractivity contribution in [2.24, 2.45) is 0 Å². The van der Waals surface area contributed by atoms with E-state index in [9.17, 15) is 0 Å². The Kier molecular flexibility index (Phi) is 3.87. The summed E-state index contributed by atoms with van der Waals surface area (Å²) in [5.41, 5.74) is 2.71. The van der Waals surface area contributed by atoms with E-state index < -0.39 is 0 Å². The van der Waals surface area contributed by atoms with E-state index in [4.69, 9.17) is 0 Å². The number of nitrogens with zero attached hydrogens (tertiary/aromatic N) is 4. The van der Waals surface area contributed by atoms with Crippen LogP contribution in [-0.2, 0) is 0 Å². The highest BCUT2D eigenvalue weighted by Gasteiger charge is 2.39. The number of aromatic nitrogens is 5. The van der Waals surface area contributed by atoms with Gasteiger partial charge in [0.2, 0.25) is 5.65 Å². The lowest BCUT2D eigenvalue weighted by atomic mass is 10.1. The molecule has 1 aliphatic rings. The summed E-state index contributed by atoms with van der Waals surface area (Å²) in [5, 5.41) is 15.2. The number of nitrogens with one attached hydrogen (secondary N) is 2. The Balaban J connectivity index is 1.55. The summed E-state index contributed by atoms with van der Waals surface area (Å²) in [5.74, 6) is 2.32. The number of rotatable bonds is 6. The van der Waals surface area contributed by atoms with Crippen molar-refractivity contribution in [2.45, 2.75) is 36.9 Å². The topological polar surface area (TPSA) is 79.4 Å². The van der Waals surface area contributed by atoms with E-state index in [1.807, 2.05) is 0 Å². The molecule has 2 aromatic heterocycles. The average Bonchev–Trinajstić information content (AvgIpc) is 3.18. The molecule has 0 bridgehead atoms. The summed E-state index contributed by atoms with van der Waals surface area (Å²) in [7, 11) is 0. The van der Waals surface area contributed by atoms with E-state index in [0.29, 0.717) is 23.1 Å². The molecule has 0 spiro atoms. The number of anilines is 1. The SMILES string of the molecule is CCCSc1nc(NC2CC2c2ccccc2)c2n[nH]nc2n1. The molecule has 1 aliphatic carbocycles. The number of H-pyrrole nitrogens is 1. The van der Waals surface area contributed by atoms with Gasteiger partial charge in [0.05, 0.1) is 0 Å². The van der Waals surface area contributed by atoms with Crippen LogP contribution in [0.2, 0.25) is 0 Å². The molecule has 1 fully saturated rings. The zero-order chi connectivity index (χ0) is 15.6. The van der Waals surface area contributed by atoms with Crippen molar-refractivity contribution >= 4 is 28.7 Å². The van der Waals surface area contributed by atoms with E-state index >= 15 is 0 Å². The van der Waals surface area contributed by atoms with Crippen LogP contribution in [0.5, 0.6) is 0 Å². The van der Waals surface area contributed by atoms with Crippen molar-refractivity contribution in [3.8, 4) is 0 Å². The number of thioether (sulfide) groups is 1. The lowest BCUT2D eigenvalue weighted by Gasteiger charge is -2.07. The number of hydrogen-bond donors (Lipinski definition) is 2. The van der Waals surface area contributed by atoms with Gasteiger partial charge in [-0.05, 0) is 18.4 Å². The van der Waals surface area contributed by atoms with Gasteiger partial charge >= 0.3 is 0 Å². The molecule has 1 saturated carbocycles. The molecular formula is C16H18N6S. The van der Waals surface area contributed by atoms with Crippen LogP contribution in [0.15, 0.2) is 35.5 Å². The first kappa shape index (κ1) is 14.4. The van der Waals surface area contributed by atoms with Crippen LogP contribution in [0, 0.1) is 0 Å². The quantitative estimate of drug-likeness (QED) is 0.535. The molecule has 0 amide bonds. The number of fused-ring (bicyclic) bond motifs is 1. The molecule has 0 radical (unpaired) electrons. The summed E-state index contributed by atoms with van der Waals surface area (Å²) in [6.07, 6.45) is 2.21. The Hall–Kier alpha value is -2.15. The number of hydrogen-bond acceptors (Lipinski definition) is 6. The van der Waals surface area contributed by atoms with Crippen LogP contribution in [0.4, 0.5) is 5.82 Å². The van der Waals surface area contributed by atoms with Gasteiger partial charge in [-0.15, -0.1) is 5.10 Å². The zero-order valence-electron chi connectivity index (χ0n) is 12.9. The minimum atomic E-state index is 0.399. The van der Waals surface area contributed by atoms with Crippen molar-refractivity contribution in [1.29, 1.82) is 0 Å². The standard InChI is InChI=1S/C16H18N6S/c1-2-8-23-16-18-14(13-15(19-16)21-22-20-13)17-12-9-11(12)10-6-4-3-5-7-10/h3-7,11-12H,2,8-9H2,1H3,(H2,17,18,19,20,21,22). The third-order valence-electron chi connectivity index (χ3n) is 3.94. The molecule has 6 nitrogen and oxygen atoms in total. The molecule has 0 saturated heterocycles. The van der Waals surface area contributed by atoms with Crippen LogP contribution >= 0.6 is 11.8 Å². The van der Waals surface area contributed by atoms with Crippen LogP contribution < -0.4 is 5.32 Å². The summed E-state index contributed by atoms with van der Waals surface area (Å²) >= 11 is 1.65. The Morgan fingerprint density at radius 1 is 1.22 bits per heavy atom. The second-order valence-corrected chi connectivity index (χ2v) is 6.76. The van der Waals surface area contributed by atoms with Crippen LogP contribution in [0.3, 0.4) is 0 Å². The van der Waals surface area contributed by atoms with Crippen LogP contribution in [-0.4, -0.2) is 37.2 Å².